The molecule has 0 bridgehead atoms. The molecule has 1 aliphatic rings. The van der Waals surface area contributed by atoms with Crippen molar-refractivity contribution in [1.82, 2.24) is 16.0 Å². The number of unbranched alkanes of at least 4 members (excludes halogenated alkanes) is 42. The molecule has 0 spiro atoms. The van der Waals surface area contributed by atoms with E-state index < -0.39 is 87.1 Å². The van der Waals surface area contributed by atoms with Crippen molar-refractivity contribution in [3.8, 4) is 0 Å². The molecule has 0 saturated carbocycles. The maximum absolute atomic E-state index is 14.8. The third kappa shape index (κ3) is 55.3. The minimum absolute atomic E-state index is 0.0706. The van der Waals surface area contributed by atoms with E-state index in [1.165, 1.54) is 116 Å². The molecule has 0 aliphatic carbocycles. The van der Waals surface area contributed by atoms with Gasteiger partial charge in [0.15, 0.2) is 6.29 Å². The van der Waals surface area contributed by atoms with E-state index in [9.17, 15) is 48.2 Å². The molecule has 6 N–H and O–H groups in total. The summed E-state index contributed by atoms with van der Waals surface area (Å²) >= 11 is 0. The molecular weight excluding hydrogens is 1290 g/mol. The fourth-order valence-electron chi connectivity index (χ4n) is 13.5. The van der Waals surface area contributed by atoms with Gasteiger partial charge in [0, 0.05) is 25.8 Å². The van der Waals surface area contributed by atoms with Gasteiger partial charge in [0.1, 0.15) is 36.6 Å². The maximum Gasteiger partial charge on any atom is 0.470 e. The predicted molar refractivity (Wildman–Crippen MR) is 402 cm³/mol. The summed E-state index contributed by atoms with van der Waals surface area (Å²) in [4.78, 5) is 105. The molecule has 0 aromatic heterocycles. The molecule has 19 nitrogen and oxygen atoms in total. The van der Waals surface area contributed by atoms with Crippen molar-refractivity contribution in [3.05, 3.63) is 0 Å². The second-order valence-corrected chi connectivity index (χ2v) is 30.3. The molecule has 0 aromatic rings. The lowest BCUT2D eigenvalue weighted by Crippen LogP contribution is -2.70. The van der Waals surface area contributed by atoms with E-state index in [2.05, 4.69) is 57.5 Å². The number of amides is 3. The Bertz CT molecular complexity index is 2030. The van der Waals surface area contributed by atoms with Crippen molar-refractivity contribution in [2.45, 2.75) is 456 Å². The summed E-state index contributed by atoms with van der Waals surface area (Å²) in [6, 6.07) is -3.00. The molecule has 20 heteroatoms. The van der Waals surface area contributed by atoms with Gasteiger partial charge in [0.25, 0.3) is 0 Å². The summed E-state index contributed by atoms with van der Waals surface area (Å²) in [6.45, 7) is 11.9. The fourth-order valence-corrected chi connectivity index (χ4v) is 14.1. The van der Waals surface area contributed by atoms with E-state index in [1.54, 1.807) is 0 Å². The van der Waals surface area contributed by atoms with Crippen molar-refractivity contribution in [2.75, 3.05) is 19.8 Å². The molecule has 8 atom stereocenters. The van der Waals surface area contributed by atoms with Crippen molar-refractivity contribution in [2.24, 2.45) is 0 Å². The van der Waals surface area contributed by atoms with E-state index in [-0.39, 0.29) is 63.6 Å². The van der Waals surface area contributed by atoms with Crippen LogP contribution in [0.2, 0.25) is 0 Å². The number of aliphatic hydroxyl groups is 1. The maximum atomic E-state index is 14.8. The van der Waals surface area contributed by atoms with Crippen molar-refractivity contribution < 1.29 is 76.4 Å². The normalized spacial score (nSPS) is 17.1. The number of phosphoric ester groups is 1. The van der Waals surface area contributed by atoms with Crippen molar-refractivity contribution in [1.29, 1.82) is 0 Å². The zero-order valence-corrected chi connectivity index (χ0v) is 65.5. The molecule has 0 aromatic carbocycles. The van der Waals surface area contributed by atoms with Gasteiger partial charge in [-0.2, -0.15) is 0 Å². The number of phosphoric acid groups is 1. The van der Waals surface area contributed by atoms with Gasteiger partial charge in [0.2, 0.25) is 17.7 Å². The first-order valence-electron chi connectivity index (χ1n) is 41.6. The Balaban J connectivity index is 3.70. The molecule has 588 valence electrons. The van der Waals surface area contributed by atoms with Gasteiger partial charge in [-0.25, -0.2) is 4.57 Å². The van der Waals surface area contributed by atoms with E-state index in [1.807, 2.05) is 0 Å². The standard InChI is InChI=1S/C80H152N3O16P/c1-7-13-19-25-31-34-40-43-49-55-67(95-74(88)58-52-46-37-28-22-16-10-4)63-71(85)81-61-62-94-80-78(83-73(87)65-69(57-51-45-42-36-33-27-21-15-9-3)97-76(90)60-54-48-39-30-24-18-12-6)77(79(70(66-84)98-80)99-100(91,92)93)82-72(86)64-68(56-50-44-41-35-32-26-20-14-8-2)96-75(89)59-53-47-38-29-23-17-11-5/h67-70,77-80,84H,7-66H2,1-6H3,(H,81,85)(H,82,86)(H,83,87)(H2,91,92,93)/t67-,68-,69-,70-,77+,78-,79-,80-/m1/s1. The van der Waals surface area contributed by atoms with Gasteiger partial charge in [0.05, 0.1) is 38.5 Å². The summed E-state index contributed by atoms with van der Waals surface area (Å²) in [5.41, 5.74) is 0. The molecule has 1 heterocycles. The number of esters is 3. The van der Waals surface area contributed by atoms with Crippen LogP contribution in [0.3, 0.4) is 0 Å². The van der Waals surface area contributed by atoms with Crippen LogP contribution in [0.4, 0.5) is 0 Å². The van der Waals surface area contributed by atoms with Crippen molar-refractivity contribution >= 4 is 43.5 Å². The van der Waals surface area contributed by atoms with E-state index in [4.69, 9.17) is 28.2 Å². The molecule has 1 aliphatic heterocycles. The number of hydrogen-bond acceptors (Lipinski definition) is 14. The number of carbonyl (C=O) groups excluding carboxylic acids is 6. The Morgan fingerprint density at radius 3 is 0.940 bits per heavy atom. The highest BCUT2D eigenvalue weighted by Crippen LogP contribution is 2.42. The predicted octanol–water partition coefficient (Wildman–Crippen LogP) is 19.4. The summed E-state index contributed by atoms with van der Waals surface area (Å²) in [5, 5.41) is 19.6. The molecule has 0 unspecified atom stereocenters. The molecular formula is C80H152N3O16P. The quantitative estimate of drug-likeness (QED) is 0.0143. The Hall–Kier alpha value is -3.19. The fraction of sp³-hybridized carbons (Fsp3) is 0.925. The minimum atomic E-state index is -5.42. The van der Waals surface area contributed by atoms with E-state index in [0.717, 1.165) is 167 Å². The second-order valence-electron chi connectivity index (χ2n) is 29.1. The Kier molecular flexibility index (Phi) is 63.0. The first-order chi connectivity index (χ1) is 48.5. The lowest BCUT2D eigenvalue weighted by atomic mass is 9.93. The zero-order chi connectivity index (χ0) is 73.4. The van der Waals surface area contributed by atoms with Crippen molar-refractivity contribution in [3.63, 3.8) is 0 Å². The summed E-state index contributed by atoms with van der Waals surface area (Å²) < 4.78 is 49.2. The van der Waals surface area contributed by atoms with Gasteiger partial charge < -0.3 is 54.5 Å². The molecule has 1 rings (SSSR count). The van der Waals surface area contributed by atoms with Crippen LogP contribution < -0.4 is 16.0 Å². The van der Waals surface area contributed by atoms with Crippen LogP contribution in [0.25, 0.3) is 0 Å². The van der Waals surface area contributed by atoms with Crippen LogP contribution >= 0.6 is 7.82 Å². The zero-order valence-electron chi connectivity index (χ0n) is 64.6. The lowest BCUT2D eigenvalue weighted by Gasteiger charge is -2.46. The smallest absolute Gasteiger partial charge is 0.462 e. The van der Waals surface area contributed by atoms with Gasteiger partial charge in [-0.1, -0.05) is 311 Å². The number of carbonyl (C=O) groups is 6. The average Bonchev–Trinajstić information content (AvgIpc) is 0.782. The first kappa shape index (κ1) is 94.8. The van der Waals surface area contributed by atoms with Gasteiger partial charge in [-0.3, -0.25) is 33.3 Å². The Morgan fingerprint density at radius 1 is 0.380 bits per heavy atom. The van der Waals surface area contributed by atoms with Crippen LogP contribution in [0, 0.1) is 0 Å². The molecule has 1 saturated heterocycles. The first-order valence-corrected chi connectivity index (χ1v) is 43.1. The number of nitrogens with one attached hydrogen (secondary N) is 3. The summed E-state index contributed by atoms with van der Waals surface area (Å²) in [5.74, 6) is -2.85. The van der Waals surface area contributed by atoms with Crippen LogP contribution in [0.5, 0.6) is 0 Å². The Labute approximate surface area is 609 Å². The second kappa shape index (κ2) is 66.5. The lowest BCUT2D eigenvalue weighted by molar-refractivity contribution is -0.247. The van der Waals surface area contributed by atoms with Crippen LogP contribution in [-0.4, -0.2) is 119 Å². The van der Waals surface area contributed by atoms with Gasteiger partial charge in [-0.05, 0) is 57.8 Å². The molecule has 3 amide bonds. The van der Waals surface area contributed by atoms with Gasteiger partial charge in [-0.15, -0.1) is 0 Å². The molecule has 0 radical (unpaired) electrons. The highest BCUT2D eigenvalue weighted by atomic mass is 31.2. The van der Waals surface area contributed by atoms with Crippen LogP contribution in [0.1, 0.15) is 408 Å². The average molecular weight is 1440 g/mol. The largest absolute Gasteiger partial charge is 0.470 e. The number of rotatable bonds is 72. The number of ether oxygens (including phenoxy) is 5. The molecule has 100 heavy (non-hydrogen) atoms. The SMILES string of the molecule is CCCCCCCCCCC[C@H](CC(=O)NCCO[C@@H]1O[C@H](CO)[C@@H](OP(=O)(O)O)[C@@H](NC(=O)C[C@@H](CCCCCCCCCCC)OC(=O)CCCCCCCCC)[C@H]1NC(=O)C[C@@H](CCCCCCCCCCC)OC(=O)CCCCCCCCC)OC(=O)CCCCCCCCC. The van der Waals surface area contributed by atoms with Crippen LogP contribution in [0.15, 0.2) is 0 Å². The number of aliphatic hydroxyl groups excluding tert-OH is 1. The highest BCUT2D eigenvalue weighted by Gasteiger charge is 2.51. The number of hydrogen-bond donors (Lipinski definition) is 6. The topological polar surface area (TPSA) is 272 Å². The minimum Gasteiger partial charge on any atom is -0.462 e. The Morgan fingerprint density at radius 2 is 0.650 bits per heavy atom. The monoisotopic (exact) mass is 1440 g/mol. The van der Waals surface area contributed by atoms with Gasteiger partial charge >= 0.3 is 25.7 Å². The third-order valence-electron chi connectivity index (χ3n) is 19.5. The van der Waals surface area contributed by atoms with E-state index >= 15 is 0 Å². The highest BCUT2D eigenvalue weighted by molar-refractivity contribution is 7.46. The van der Waals surface area contributed by atoms with E-state index in [0.29, 0.717) is 44.9 Å². The third-order valence-corrected chi connectivity index (χ3v) is 20.0. The molecule has 1 fully saturated rings. The summed E-state index contributed by atoms with van der Waals surface area (Å²) in [6.07, 6.45) is 44.9. The summed E-state index contributed by atoms with van der Waals surface area (Å²) in [7, 11) is -5.42. The van der Waals surface area contributed by atoms with Crippen LogP contribution in [-0.2, 0) is 61.5 Å².